The Morgan fingerprint density at radius 2 is 1.60 bits per heavy atom. The second-order valence-electron chi connectivity index (χ2n) is 3.67. The van der Waals surface area contributed by atoms with Crippen LogP contribution in [0.25, 0.3) is 0 Å². The molecule has 0 aromatic heterocycles. The molecule has 6 nitrogen and oxygen atoms in total. The maximum Gasteiger partial charge on any atom is 0.414 e. The van der Waals surface area contributed by atoms with E-state index in [2.05, 4.69) is 12.1 Å². The lowest BCUT2D eigenvalue weighted by Crippen LogP contribution is -2.09. The molecule has 0 unspecified atom stereocenters. The van der Waals surface area contributed by atoms with E-state index in [9.17, 15) is 0 Å². The summed E-state index contributed by atoms with van der Waals surface area (Å²) in [7, 11) is 0. The van der Waals surface area contributed by atoms with Gasteiger partial charge in [-0.05, 0) is 30.0 Å². The van der Waals surface area contributed by atoms with Crippen LogP contribution in [0.5, 0.6) is 0 Å². The average Bonchev–Trinajstić information content (AvgIpc) is 2.45. The highest BCUT2D eigenvalue weighted by molar-refractivity contribution is 6.27. The maximum absolute atomic E-state index is 9.10. The molecule has 1 rings (SSSR count). The molecule has 0 bridgehead atoms. The summed E-state index contributed by atoms with van der Waals surface area (Å²) in [6.45, 7) is 3.98. The van der Waals surface area contributed by atoms with Crippen LogP contribution in [0.15, 0.2) is 12.1 Å². The molecule has 6 heteroatoms. The summed E-state index contributed by atoms with van der Waals surface area (Å²) in [6, 6.07) is 7.99. The summed E-state index contributed by atoms with van der Waals surface area (Å²) < 4.78 is 0. The zero-order valence-electron chi connectivity index (χ0n) is 11.2. The number of carboxylic acids is 2. The molecule has 0 fully saturated rings. The third-order valence-corrected chi connectivity index (χ3v) is 2.55. The number of hydrogen-bond acceptors (Lipinski definition) is 4. The van der Waals surface area contributed by atoms with Gasteiger partial charge in [-0.3, -0.25) is 0 Å². The van der Waals surface area contributed by atoms with Gasteiger partial charge in [0.1, 0.15) is 0 Å². The summed E-state index contributed by atoms with van der Waals surface area (Å²) in [4.78, 5) is 18.2. The summed E-state index contributed by atoms with van der Waals surface area (Å²) in [5.41, 5.74) is 3.23. The molecule has 0 saturated carbocycles. The van der Waals surface area contributed by atoms with Crippen LogP contribution in [0, 0.1) is 22.7 Å². The van der Waals surface area contributed by atoms with E-state index in [-0.39, 0.29) is 0 Å². The number of benzene rings is 1. The van der Waals surface area contributed by atoms with Gasteiger partial charge in [0, 0.05) is 0 Å². The minimum absolute atomic E-state index is 0.626. The van der Waals surface area contributed by atoms with Gasteiger partial charge in [0.2, 0.25) is 0 Å². The lowest BCUT2D eigenvalue weighted by Gasteiger charge is -2.07. The van der Waals surface area contributed by atoms with E-state index >= 15 is 0 Å². The number of nitriles is 2. The molecule has 0 amide bonds. The summed E-state index contributed by atoms with van der Waals surface area (Å²) in [5, 5.41) is 32.7. The van der Waals surface area contributed by atoms with Gasteiger partial charge in [-0.2, -0.15) is 10.5 Å². The zero-order valence-corrected chi connectivity index (χ0v) is 11.2. The minimum atomic E-state index is -1.82. The Morgan fingerprint density at radius 1 is 1.05 bits per heavy atom. The number of rotatable bonds is 2. The third-order valence-electron chi connectivity index (χ3n) is 2.55. The van der Waals surface area contributed by atoms with Crippen LogP contribution in [0.2, 0.25) is 0 Å². The highest BCUT2D eigenvalue weighted by Gasteiger charge is 2.09. The molecular weight excluding hydrogens is 260 g/mol. The maximum atomic E-state index is 9.10. The highest BCUT2D eigenvalue weighted by atomic mass is 16.4. The predicted molar refractivity (Wildman–Crippen MR) is 69.9 cm³/mol. The van der Waals surface area contributed by atoms with E-state index in [1.54, 1.807) is 6.07 Å². The van der Waals surface area contributed by atoms with Crippen molar-refractivity contribution in [3.63, 3.8) is 0 Å². The third kappa shape index (κ3) is 4.43. The van der Waals surface area contributed by atoms with Gasteiger partial charge < -0.3 is 10.2 Å². The van der Waals surface area contributed by atoms with Crippen molar-refractivity contribution in [2.24, 2.45) is 0 Å². The largest absolute Gasteiger partial charge is 0.473 e. The Labute approximate surface area is 116 Å². The van der Waals surface area contributed by atoms with Crippen molar-refractivity contribution < 1.29 is 19.8 Å². The van der Waals surface area contributed by atoms with Gasteiger partial charge in [-0.25, -0.2) is 9.59 Å². The van der Waals surface area contributed by atoms with Crippen LogP contribution >= 0.6 is 0 Å². The van der Waals surface area contributed by atoms with E-state index in [4.69, 9.17) is 30.3 Å². The highest BCUT2D eigenvalue weighted by Crippen LogP contribution is 2.19. The molecule has 0 aliphatic heterocycles. The van der Waals surface area contributed by atoms with Gasteiger partial charge in [-0.15, -0.1) is 0 Å². The van der Waals surface area contributed by atoms with E-state index in [1.165, 1.54) is 0 Å². The molecule has 0 heterocycles. The van der Waals surface area contributed by atoms with Crippen molar-refractivity contribution in [3.8, 4) is 12.1 Å². The fourth-order valence-corrected chi connectivity index (χ4v) is 1.60. The lowest BCUT2D eigenvalue weighted by atomic mass is 9.94. The normalized spacial score (nSPS) is 8.60. The number of carboxylic acid groups (broad SMARTS) is 2. The molecule has 0 saturated heterocycles. The van der Waals surface area contributed by atoms with Gasteiger partial charge in [-0.1, -0.05) is 19.9 Å². The number of hydrogen-bond donors (Lipinski definition) is 2. The molecule has 2 N–H and O–H groups in total. The van der Waals surface area contributed by atoms with Crippen molar-refractivity contribution in [1.29, 1.82) is 10.5 Å². The van der Waals surface area contributed by atoms with E-state index < -0.39 is 11.9 Å². The van der Waals surface area contributed by atoms with Crippen LogP contribution in [0.1, 0.15) is 36.1 Å². The molecule has 1 aromatic carbocycles. The second kappa shape index (κ2) is 8.28. The van der Waals surface area contributed by atoms with Gasteiger partial charge in [0.15, 0.2) is 0 Å². The fourth-order valence-electron chi connectivity index (χ4n) is 1.60. The Hall–Kier alpha value is -2.86. The van der Waals surface area contributed by atoms with Crippen LogP contribution in [-0.4, -0.2) is 22.2 Å². The number of aryl methyl sites for hydroxylation is 1. The molecular formula is C14H14N2O4. The van der Waals surface area contributed by atoms with Gasteiger partial charge >= 0.3 is 11.9 Å². The first-order valence-electron chi connectivity index (χ1n) is 5.83. The van der Waals surface area contributed by atoms with Crippen molar-refractivity contribution in [2.45, 2.75) is 26.7 Å². The van der Waals surface area contributed by atoms with Crippen molar-refractivity contribution in [1.82, 2.24) is 0 Å². The number of nitrogens with zero attached hydrogens (tertiary/aromatic N) is 2. The second-order valence-corrected chi connectivity index (χ2v) is 3.67. The smallest absolute Gasteiger partial charge is 0.414 e. The quantitative estimate of drug-likeness (QED) is 0.791. The summed E-state index contributed by atoms with van der Waals surface area (Å²) in [5.74, 6) is -3.65. The van der Waals surface area contributed by atoms with Crippen molar-refractivity contribution in [2.75, 3.05) is 0 Å². The van der Waals surface area contributed by atoms with E-state index in [1.807, 2.05) is 19.9 Å². The summed E-state index contributed by atoms with van der Waals surface area (Å²) >= 11 is 0. The van der Waals surface area contributed by atoms with Crippen LogP contribution < -0.4 is 0 Å². The Balaban J connectivity index is 0.000000511. The van der Waals surface area contributed by atoms with Gasteiger partial charge in [0.25, 0.3) is 0 Å². The summed E-state index contributed by atoms with van der Waals surface area (Å²) in [6.07, 6.45) is 1.57. The molecule has 0 aliphatic carbocycles. The molecule has 0 atom stereocenters. The zero-order chi connectivity index (χ0) is 15.7. The fraction of sp³-hybridized carbons (Fsp3) is 0.286. The molecule has 1 aromatic rings. The first-order chi connectivity index (χ1) is 9.42. The molecule has 0 radical (unpaired) electrons. The van der Waals surface area contributed by atoms with Crippen molar-refractivity contribution in [3.05, 3.63) is 34.4 Å². The molecule has 104 valence electrons. The molecule has 0 aliphatic rings. The number of carbonyl (C=O) groups is 2. The van der Waals surface area contributed by atoms with E-state index in [0.29, 0.717) is 11.1 Å². The molecule has 20 heavy (non-hydrogen) atoms. The first kappa shape index (κ1) is 17.1. The Kier molecular flexibility index (Phi) is 7.09. The molecule has 0 spiro atoms. The Bertz CT molecular complexity index is 582. The standard InChI is InChI=1S/C12H12N2.C2H2O4/c1-3-9-5-6-10(7-13)11(4-2)12(9)8-14;3-1(4)2(5)6/h5-6H,3-4H2,1-2H3;(H,3,4)(H,5,6). The predicted octanol–water partition coefficient (Wildman–Crippen LogP) is 1.71. The lowest BCUT2D eigenvalue weighted by molar-refractivity contribution is -0.159. The average molecular weight is 274 g/mol. The topological polar surface area (TPSA) is 122 Å². The Morgan fingerprint density at radius 3 is 1.90 bits per heavy atom. The monoisotopic (exact) mass is 274 g/mol. The SMILES string of the molecule is CCc1ccc(C#N)c(CC)c1C#N.O=C(O)C(=O)O. The van der Waals surface area contributed by atoms with E-state index in [0.717, 1.165) is 24.0 Å². The van der Waals surface area contributed by atoms with Crippen molar-refractivity contribution >= 4 is 11.9 Å². The van der Waals surface area contributed by atoms with Crippen LogP contribution in [-0.2, 0) is 22.4 Å². The first-order valence-corrected chi connectivity index (χ1v) is 5.83. The van der Waals surface area contributed by atoms with Gasteiger partial charge in [0.05, 0.1) is 23.3 Å². The number of aliphatic carboxylic acids is 2. The van der Waals surface area contributed by atoms with Crippen LogP contribution in [0.4, 0.5) is 0 Å². The minimum Gasteiger partial charge on any atom is -0.473 e. The van der Waals surface area contributed by atoms with Crippen LogP contribution in [0.3, 0.4) is 0 Å².